The Kier molecular flexibility index (Phi) is 4.04. The van der Waals surface area contributed by atoms with Crippen LogP contribution in [-0.4, -0.2) is 38.6 Å². The van der Waals surface area contributed by atoms with Gasteiger partial charge >= 0.3 is 0 Å². The summed E-state index contributed by atoms with van der Waals surface area (Å²) in [4.78, 5) is 20.9. The molecule has 1 aromatic carbocycles. The molecule has 0 aliphatic heterocycles. The molecule has 3 aromatic heterocycles. The minimum absolute atomic E-state index is 0.144. The zero-order valence-electron chi connectivity index (χ0n) is 14.6. The van der Waals surface area contributed by atoms with Crippen LogP contribution in [0.4, 0.5) is 5.82 Å². The Morgan fingerprint density at radius 2 is 2.08 bits per heavy atom. The van der Waals surface area contributed by atoms with E-state index < -0.39 is 0 Å². The lowest BCUT2D eigenvalue weighted by Gasteiger charge is -2.14. The summed E-state index contributed by atoms with van der Waals surface area (Å²) in [5, 5.41) is 10.7. The number of hydrogen-bond acceptors (Lipinski definition) is 6. The van der Waals surface area contributed by atoms with Crippen molar-refractivity contribution in [3.05, 3.63) is 41.5 Å². The lowest BCUT2D eigenvalue weighted by atomic mass is 10.1. The molecule has 3 heterocycles. The molecule has 1 amide bonds. The predicted molar refractivity (Wildman–Crippen MR) is 104 cm³/mol. The first-order valence-electron chi connectivity index (χ1n) is 8.28. The highest BCUT2D eigenvalue weighted by atomic mass is 32.1. The molecule has 0 spiro atoms. The van der Waals surface area contributed by atoms with Gasteiger partial charge in [-0.1, -0.05) is 6.07 Å². The molecular formula is C18H18N6OS. The Balaban J connectivity index is 1.89. The summed E-state index contributed by atoms with van der Waals surface area (Å²) in [5.74, 6) is 0.431. The normalized spacial score (nSPS) is 11.4. The number of hydrogen-bond donors (Lipinski definition) is 2. The SMILES string of the molecule is CNC(=O)c1cnc2cc(-c3ccc4ncsc4c3)nn2c1NC(C)C. The number of rotatable bonds is 4. The molecule has 8 heteroatoms. The third-order valence-corrected chi connectivity index (χ3v) is 4.80. The second-order valence-electron chi connectivity index (χ2n) is 6.23. The first-order chi connectivity index (χ1) is 12.6. The molecule has 2 N–H and O–H groups in total. The molecule has 0 radical (unpaired) electrons. The number of benzene rings is 1. The molecule has 0 aliphatic rings. The van der Waals surface area contributed by atoms with Gasteiger partial charge in [0.05, 0.1) is 21.4 Å². The Bertz CT molecular complexity index is 1110. The van der Waals surface area contributed by atoms with Crippen molar-refractivity contribution < 1.29 is 4.79 Å². The first-order valence-corrected chi connectivity index (χ1v) is 9.16. The average molecular weight is 366 g/mol. The summed E-state index contributed by atoms with van der Waals surface area (Å²) in [6.07, 6.45) is 1.58. The van der Waals surface area contributed by atoms with Crippen LogP contribution in [-0.2, 0) is 0 Å². The lowest BCUT2D eigenvalue weighted by Crippen LogP contribution is -2.23. The van der Waals surface area contributed by atoms with Gasteiger partial charge in [-0.3, -0.25) is 4.79 Å². The second-order valence-corrected chi connectivity index (χ2v) is 7.12. The number of carbonyl (C=O) groups excluding carboxylic acids is 1. The molecule has 0 bridgehead atoms. The van der Waals surface area contributed by atoms with Gasteiger partial charge in [0.25, 0.3) is 5.91 Å². The van der Waals surface area contributed by atoms with Crippen molar-refractivity contribution >= 4 is 38.9 Å². The maximum atomic E-state index is 12.2. The van der Waals surface area contributed by atoms with Crippen molar-refractivity contribution in [3.8, 4) is 11.3 Å². The Morgan fingerprint density at radius 3 is 2.85 bits per heavy atom. The van der Waals surface area contributed by atoms with Crippen LogP contribution in [0.2, 0.25) is 0 Å². The smallest absolute Gasteiger partial charge is 0.256 e. The Labute approximate surface area is 154 Å². The number of thiazole rings is 1. The number of anilines is 1. The van der Waals surface area contributed by atoms with Gasteiger partial charge in [0.15, 0.2) is 5.65 Å². The molecule has 0 aliphatic carbocycles. The van der Waals surface area contributed by atoms with Gasteiger partial charge in [-0.2, -0.15) is 9.61 Å². The highest BCUT2D eigenvalue weighted by Gasteiger charge is 2.18. The standard InChI is InChI=1S/C18H18N6OS/c1-10(2)22-17-12(18(25)19-3)8-20-16-7-14(23-24(16)17)11-4-5-13-15(6-11)26-9-21-13/h4-10,22H,1-3H3,(H,19,25). The lowest BCUT2D eigenvalue weighted by molar-refractivity contribution is 0.0963. The van der Waals surface area contributed by atoms with E-state index in [2.05, 4.69) is 26.7 Å². The number of aromatic nitrogens is 4. The quantitative estimate of drug-likeness (QED) is 0.579. The van der Waals surface area contributed by atoms with E-state index in [1.807, 2.05) is 37.6 Å². The number of carbonyl (C=O) groups is 1. The van der Waals surface area contributed by atoms with Crippen molar-refractivity contribution in [2.45, 2.75) is 19.9 Å². The van der Waals surface area contributed by atoms with E-state index >= 15 is 0 Å². The van der Waals surface area contributed by atoms with Gasteiger partial charge in [-0.25, -0.2) is 9.97 Å². The first kappa shape index (κ1) is 16.5. The molecule has 0 atom stereocenters. The van der Waals surface area contributed by atoms with Crippen LogP contribution in [0.15, 0.2) is 36.0 Å². The van der Waals surface area contributed by atoms with Crippen LogP contribution in [0.25, 0.3) is 27.1 Å². The Hall–Kier alpha value is -3.00. The van der Waals surface area contributed by atoms with Crippen LogP contribution in [0.1, 0.15) is 24.2 Å². The summed E-state index contributed by atoms with van der Waals surface area (Å²) < 4.78 is 2.80. The van der Waals surface area contributed by atoms with Gasteiger partial charge in [0.1, 0.15) is 11.4 Å². The molecule has 132 valence electrons. The number of fused-ring (bicyclic) bond motifs is 2. The average Bonchev–Trinajstić information content (AvgIpc) is 3.26. The van der Waals surface area contributed by atoms with Gasteiger partial charge in [0, 0.05) is 30.9 Å². The minimum Gasteiger partial charge on any atom is -0.367 e. The summed E-state index contributed by atoms with van der Waals surface area (Å²) in [6, 6.07) is 8.12. The summed E-state index contributed by atoms with van der Waals surface area (Å²) in [5.41, 5.74) is 5.74. The topological polar surface area (TPSA) is 84.2 Å². The van der Waals surface area contributed by atoms with E-state index in [1.165, 1.54) is 0 Å². The van der Waals surface area contributed by atoms with Gasteiger partial charge < -0.3 is 10.6 Å². The van der Waals surface area contributed by atoms with Crippen LogP contribution in [0, 0.1) is 0 Å². The van der Waals surface area contributed by atoms with Crippen molar-refractivity contribution in [2.75, 3.05) is 12.4 Å². The van der Waals surface area contributed by atoms with E-state index in [9.17, 15) is 4.79 Å². The molecule has 0 saturated heterocycles. The second kappa shape index (κ2) is 6.38. The maximum absolute atomic E-state index is 12.2. The van der Waals surface area contributed by atoms with Crippen molar-refractivity contribution in [1.82, 2.24) is 24.9 Å². The van der Waals surface area contributed by atoms with E-state index in [4.69, 9.17) is 5.10 Å². The van der Waals surface area contributed by atoms with Crippen molar-refractivity contribution in [3.63, 3.8) is 0 Å². The fourth-order valence-corrected chi connectivity index (χ4v) is 3.52. The molecular weight excluding hydrogens is 348 g/mol. The molecule has 4 aromatic rings. The third-order valence-electron chi connectivity index (χ3n) is 4.01. The van der Waals surface area contributed by atoms with Crippen LogP contribution >= 0.6 is 11.3 Å². The highest BCUT2D eigenvalue weighted by Crippen LogP contribution is 2.27. The molecule has 26 heavy (non-hydrogen) atoms. The fourth-order valence-electron chi connectivity index (χ4n) is 2.80. The molecule has 0 saturated carbocycles. The minimum atomic E-state index is -0.203. The van der Waals surface area contributed by atoms with Crippen molar-refractivity contribution in [1.29, 1.82) is 0 Å². The number of nitrogens with one attached hydrogen (secondary N) is 2. The molecule has 4 rings (SSSR count). The highest BCUT2D eigenvalue weighted by molar-refractivity contribution is 7.16. The maximum Gasteiger partial charge on any atom is 0.256 e. The number of nitrogens with zero attached hydrogens (tertiary/aromatic N) is 4. The Morgan fingerprint density at radius 1 is 1.23 bits per heavy atom. The number of amides is 1. The fraction of sp³-hybridized carbons (Fsp3) is 0.222. The van der Waals surface area contributed by atoms with Gasteiger partial charge in [-0.15, -0.1) is 11.3 Å². The van der Waals surface area contributed by atoms with Gasteiger partial charge in [-0.05, 0) is 26.0 Å². The predicted octanol–water partition coefficient (Wildman–Crippen LogP) is 3.19. The molecule has 0 fully saturated rings. The largest absolute Gasteiger partial charge is 0.367 e. The zero-order chi connectivity index (χ0) is 18.3. The van der Waals surface area contributed by atoms with Crippen LogP contribution in [0.5, 0.6) is 0 Å². The van der Waals surface area contributed by atoms with E-state index in [0.29, 0.717) is 17.0 Å². The molecule has 7 nitrogen and oxygen atoms in total. The van der Waals surface area contributed by atoms with Crippen LogP contribution < -0.4 is 10.6 Å². The van der Waals surface area contributed by atoms with Crippen molar-refractivity contribution in [2.24, 2.45) is 0 Å². The monoisotopic (exact) mass is 366 g/mol. The zero-order valence-corrected chi connectivity index (χ0v) is 15.5. The van der Waals surface area contributed by atoms with E-state index in [1.54, 1.807) is 29.1 Å². The van der Waals surface area contributed by atoms with E-state index in [0.717, 1.165) is 21.5 Å². The molecule has 0 unspecified atom stereocenters. The van der Waals surface area contributed by atoms with Crippen LogP contribution in [0.3, 0.4) is 0 Å². The summed E-state index contributed by atoms with van der Waals surface area (Å²) in [6.45, 7) is 4.03. The summed E-state index contributed by atoms with van der Waals surface area (Å²) in [7, 11) is 1.60. The van der Waals surface area contributed by atoms with E-state index in [-0.39, 0.29) is 11.9 Å². The summed E-state index contributed by atoms with van der Waals surface area (Å²) >= 11 is 1.60. The van der Waals surface area contributed by atoms with Gasteiger partial charge in [0.2, 0.25) is 0 Å². The third kappa shape index (κ3) is 2.78.